The van der Waals surface area contributed by atoms with Crippen LogP contribution < -0.4 is 4.74 Å². The molecular formula is C16H14ClNO2. The van der Waals surface area contributed by atoms with Crippen LogP contribution in [0.5, 0.6) is 5.75 Å². The monoisotopic (exact) mass is 287 g/mol. The van der Waals surface area contributed by atoms with Gasteiger partial charge in [-0.05, 0) is 23.8 Å². The van der Waals surface area contributed by atoms with E-state index >= 15 is 0 Å². The van der Waals surface area contributed by atoms with Crippen molar-refractivity contribution >= 4 is 17.5 Å². The van der Waals surface area contributed by atoms with E-state index in [-0.39, 0.29) is 18.6 Å². The fourth-order valence-electron chi connectivity index (χ4n) is 2.50. The van der Waals surface area contributed by atoms with Gasteiger partial charge in [-0.2, -0.15) is 0 Å². The molecule has 2 aromatic rings. The third-order valence-corrected chi connectivity index (χ3v) is 3.75. The van der Waals surface area contributed by atoms with Gasteiger partial charge in [0.2, 0.25) is 0 Å². The molecule has 102 valence electrons. The van der Waals surface area contributed by atoms with Crippen molar-refractivity contribution in [1.29, 1.82) is 0 Å². The third-order valence-electron chi connectivity index (χ3n) is 3.51. The standard InChI is InChI=1S/C16H14ClNO2/c1-18-15(19)10-20-14-8-7-12(17)9-13(14)16(18)11-5-3-2-4-6-11/h2-9,16H,10H2,1H3/t16-/m1/s1. The lowest BCUT2D eigenvalue weighted by atomic mass is 9.97. The van der Waals surface area contributed by atoms with E-state index in [0.29, 0.717) is 10.8 Å². The summed E-state index contributed by atoms with van der Waals surface area (Å²) < 4.78 is 5.59. The normalized spacial score (nSPS) is 18.2. The molecule has 3 rings (SSSR count). The summed E-state index contributed by atoms with van der Waals surface area (Å²) in [4.78, 5) is 13.8. The summed E-state index contributed by atoms with van der Waals surface area (Å²) in [5.41, 5.74) is 1.95. The summed E-state index contributed by atoms with van der Waals surface area (Å²) in [5.74, 6) is 0.659. The van der Waals surface area contributed by atoms with Crippen molar-refractivity contribution < 1.29 is 9.53 Å². The highest BCUT2D eigenvalue weighted by molar-refractivity contribution is 6.30. The average molecular weight is 288 g/mol. The molecule has 0 saturated carbocycles. The number of likely N-dealkylation sites (N-methyl/N-ethyl adjacent to an activating group) is 1. The zero-order chi connectivity index (χ0) is 14.1. The first kappa shape index (κ1) is 13.0. The Labute approximate surface area is 122 Å². The van der Waals surface area contributed by atoms with E-state index in [0.717, 1.165) is 11.1 Å². The van der Waals surface area contributed by atoms with Crippen molar-refractivity contribution in [1.82, 2.24) is 4.90 Å². The highest BCUT2D eigenvalue weighted by atomic mass is 35.5. The first-order valence-electron chi connectivity index (χ1n) is 6.39. The van der Waals surface area contributed by atoms with E-state index in [1.807, 2.05) is 42.5 Å². The van der Waals surface area contributed by atoms with Crippen LogP contribution in [-0.2, 0) is 4.79 Å². The molecule has 3 nitrogen and oxygen atoms in total. The molecule has 0 radical (unpaired) electrons. The number of hydrogen-bond donors (Lipinski definition) is 0. The van der Waals surface area contributed by atoms with Crippen LogP contribution >= 0.6 is 11.6 Å². The van der Waals surface area contributed by atoms with Crippen molar-refractivity contribution in [3.05, 3.63) is 64.7 Å². The van der Waals surface area contributed by atoms with Crippen molar-refractivity contribution in [3.8, 4) is 5.75 Å². The fraction of sp³-hybridized carbons (Fsp3) is 0.188. The van der Waals surface area contributed by atoms with E-state index in [1.54, 1.807) is 18.0 Å². The molecule has 0 aliphatic carbocycles. The summed E-state index contributed by atoms with van der Waals surface area (Å²) in [6.45, 7) is 0.0501. The van der Waals surface area contributed by atoms with Gasteiger partial charge < -0.3 is 9.64 Å². The first-order chi connectivity index (χ1) is 9.66. The molecule has 20 heavy (non-hydrogen) atoms. The minimum absolute atomic E-state index is 0.0498. The zero-order valence-electron chi connectivity index (χ0n) is 11.0. The Morgan fingerprint density at radius 2 is 1.95 bits per heavy atom. The molecule has 0 aromatic heterocycles. The second-order valence-corrected chi connectivity index (χ2v) is 5.23. The lowest BCUT2D eigenvalue weighted by molar-refractivity contribution is -0.132. The van der Waals surface area contributed by atoms with Crippen molar-refractivity contribution in [2.75, 3.05) is 13.7 Å². The van der Waals surface area contributed by atoms with Gasteiger partial charge in [0.05, 0.1) is 6.04 Å². The van der Waals surface area contributed by atoms with Gasteiger partial charge >= 0.3 is 0 Å². The molecule has 0 spiro atoms. The van der Waals surface area contributed by atoms with E-state index in [1.165, 1.54) is 0 Å². The summed E-state index contributed by atoms with van der Waals surface area (Å²) in [6, 6.07) is 15.2. The third kappa shape index (κ3) is 2.25. The number of hydrogen-bond acceptors (Lipinski definition) is 2. The second-order valence-electron chi connectivity index (χ2n) is 4.79. The molecule has 0 N–H and O–H groups in total. The zero-order valence-corrected chi connectivity index (χ0v) is 11.8. The summed E-state index contributed by atoms with van der Waals surface area (Å²) in [6.07, 6.45) is 0. The van der Waals surface area contributed by atoms with E-state index in [9.17, 15) is 4.79 Å². The van der Waals surface area contributed by atoms with Crippen LogP contribution in [0.4, 0.5) is 0 Å². The van der Waals surface area contributed by atoms with Gasteiger partial charge in [-0.25, -0.2) is 0 Å². The van der Waals surface area contributed by atoms with Gasteiger partial charge in [0.25, 0.3) is 5.91 Å². The predicted molar refractivity (Wildman–Crippen MR) is 78.0 cm³/mol. The molecule has 2 aromatic carbocycles. The number of rotatable bonds is 1. The number of nitrogens with zero attached hydrogens (tertiary/aromatic N) is 1. The quantitative estimate of drug-likeness (QED) is 0.805. The number of benzene rings is 2. The number of ether oxygens (including phenoxy) is 1. The smallest absolute Gasteiger partial charge is 0.261 e. The van der Waals surface area contributed by atoms with Crippen LogP contribution in [-0.4, -0.2) is 24.5 Å². The Morgan fingerprint density at radius 3 is 2.70 bits per heavy atom. The maximum absolute atomic E-state index is 12.1. The van der Waals surface area contributed by atoms with Crippen LogP contribution in [0.15, 0.2) is 48.5 Å². The summed E-state index contributed by atoms with van der Waals surface area (Å²) in [5, 5.41) is 0.635. The van der Waals surface area contributed by atoms with Gasteiger partial charge in [0, 0.05) is 17.6 Å². The maximum atomic E-state index is 12.1. The van der Waals surface area contributed by atoms with Crippen molar-refractivity contribution in [2.24, 2.45) is 0 Å². The molecule has 1 aliphatic heterocycles. The average Bonchev–Trinajstić information content (AvgIpc) is 2.58. The first-order valence-corrected chi connectivity index (χ1v) is 6.77. The number of carbonyl (C=O) groups is 1. The molecule has 1 aliphatic rings. The number of halogens is 1. The van der Waals surface area contributed by atoms with Crippen LogP contribution in [0.3, 0.4) is 0 Å². The van der Waals surface area contributed by atoms with Crippen molar-refractivity contribution in [3.63, 3.8) is 0 Å². The Kier molecular flexibility index (Phi) is 3.36. The Morgan fingerprint density at radius 1 is 1.20 bits per heavy atom. The lowest BCUT2D eigenvalue weighted by Gasteiger charge is -2.26. The maximum Gasteiger partial charge on any atom is 0.261 e. The Balaban J connectivity index is 2.18. The van der Waals surface area contributed by atoms with Crippen LogP contribution in [0.25, 0.3) is 0 Å². The molecule has 1 amide bonds. The van der Waals surface area contributed by atoms with Gasteiger partial charge in [-0.3, -0.25) is 4.79 Å². The van der Waals surface area contributed by atoms with E-state index < -0.39 is 0 Å². The number of fused-ring (bicyclic) bond motifs is 1. The van der Waals surface area contributed by atoms with Crippen LogP contribution in [0.1, 0.15) is 17.2 Å². The Bertz CT molecular complexity index is 642. The summed E-state index contributed by atoms with van der Waals surface area (Å²) in [7, 11) is 1.79. The van der Waals surface area contributed by atoms with Gasteiger partial charge in [-0.15, -0.1) is 0 Å². The lowest BCUT2D eigenvalue weighted by Crippen LogP contribution is -2.32. The summed E-state index contributed by atoms with van der Waals surface area (Å²) >= 11 is 6.11. The minimum atomic E-state index is -0.181. The number of carbonyl (C=O) groups excluding carboxylic acids is 1. The van der Waals surface area contributed by atoms with Crippen molar-refractivity contribution in [2.45, 2.75) is 6.04 Å². The molecule has 1 heterocycles. The molecule has 0 fully saturated rings. The molecule has 1 atom stereocenters. The number of amides is 1. The second kappa shape index (κ2) is 5.17. The molecule has 4 heteroatoms. The van der Waals surface area contributed by atoms with Crippen LogP contribution in [0.2, 0.25) is 5.02 Å². The molecule has 0 unspecified atom stereocenters. The van der Waals surface area contributed by atoms with Gasteiger partial charge in [0.1, 0.15) is 5.75 Å². The largest absolute Gasteiger partial charge is 0.483 e. The topological polar surface area (TPSA) is 29.5 Å². The van der Waals surface area contributed by atoms with Gasteiger partial charge in [-0.1, -0.05) is 41.9 Å². The minimum Gasteiger partial charge on any atom is -0.483 e. The highest BCUT2D eigenvalue weighted by Crippen LogP contribution is 2.37. The SMILES string of the molecule is CN1C(=O)COc2ccc(Cl)cc2[C@H]1c1ccccc1. The predicted octanol–water partition coefficient (Wildman–Crippen LogP) is 3.28. The molecular weight excluding hydrogens is 274 g/mol. The molecule has 0 bridgehead atoms. The van der Waals surface area contributed by atoms with E-state index in [2.05, 4.69) is 0 Å². The highest BCUT2D eigenvalue weighted by Gasteiger charge is 2.29. The van der Waals surface area contributed by atoms with Gasteiger partial charge in [0.15, 0.2) is 6.61 Å². The van der Waals surface area contributed by atoms with E-state index in [4.69, 9.17) is 16.3 Å². The fourth-order valence-corrected chi connectivity index (χ4v) is 2.68. The van der Waals surface area contributed by atoms with Crippen LogP contribution in [0, 0.1) is 0 Å². The Hall–Kier alpha value is -2.00. The molecule has 0 saturated heterocycles.